The van der Waals surface area contributed by atoms with Crippen molar-refractivity contribution in [1.82, 2.24) is 0 Å². The van der Waals surface area contributed by atoms with Crippen molar-refractivity contribution in [3.8, 4) is 0 Å². The van der Waals surface area contributed by atoms with Gasteiger partial charge in [-0.2, -0.15) is 0 Å². The van der Waals surface area contributed by atoms with Crippen molar-refractivity contribution in [3.63, 3.8) is 0 Å². The number of nitro groups is 1. The average Bonchev–Trinajstić information content (AvgIpc) is 2.83. The van der Waals surface area contributed by atoms with E-state index >= 15 is 0 Å². The van der Waals surface area contributed by atoms with Gasteiger partial charge in [-0.3, -0.25) is 14.9 Å². The molecule has 1 atom stereocenters. The van der Waals surface area contributed by atoms with Gasteiger partial charge in [0.2, 0.25) is 0 Å². The van der Waals surface area contributed by atoms with Gasteiger partial charge in [0.05, 0.1) is 21.9 Å². The maximum atomic E-state index is 12.7. The van der Waals surface area contributed by atoms with E-state index < -0.39 is 17.5 Å². The molecular weight excluding hydrogens is 382 g/mol. The smallest absolute Gasteiger partial charge is 0.340 e. The number of nitrogen functional groups attached to an aromatic ring is 1. The molecule has 0 radical (unpaired) electrons. The van der Waals surface area contributed by atoms with Crippen LogP contribution >= 0.6 is 11.8 Å². The number of thioether (sulfide) groups is 1. The molecule has 0 aromatic heterocycles. The molecule has 2 N–H and O–H groups in total. The fraction of sp³-hybridized carbons (Fsp3) is 0.263. The number of non-ortho nitro benzene ring substituents is 1. The predicted molar refractivity (Wildman–Crippen MR) is 107 cm³/mol. The van der Waals surface area contributed by atoms with Gasteiger partial charge < -0.3 is 15.4 Å². The number of nitro benzene ring substituents is 1. The molecule has 1 aliphatic rings. The number of nitrogens with two attached hydrogens (primary N) is 1. The predicted octanol–water partition coefficient (Wildman–Crippen LogP) is 3.25. The molecule has 0 unspecified atom stereocenters. The van der Waals surface area contributed by atoms with Gasteiger partial charge in [-0.25, -0.2) is 4.79 Å². The third kappa shape index (κ3) is 4.25. The summed E-state index contributed by atoms with van der Waals surface area (Å²) < 4.78 is 5.12. The Hall–Kier alpha value is -3.07. The molecule has 3 rings (SSSR count). The minimum Gasteiger partial charge on any atom is -0.452 e. The molecule has 28 heavy (non-hydrogen) atoms. The molecule has 1 heterocycles. The van der Waals surface area contributed by atoms with Crippen LogP contribution in [0.2, 0.25) is 0 Å². The first-order valence-corrected chi connectivity index (χ1v) is 9.52. The SMILES string of the molecule is C[C@@H]1CCN(C(=O)COC(=O)c2ccc([N+](=O)[O-])cc2N)c2ccccc2S1. The molecule has 0 spiro atoms. The summed E-state index contributed by atoms with van der Waals surface area (Å²) in [5.74, 6) is -1.14. The minimum absolute atomic E-state index is 0.0150. The van der Waals surface area contributed by atoms with Gasteiger partial charge in [-0.15, -0.1) is 11.8 Å². The molecule has 0 aliphatic carbocycles. The number of hydrogen-bond acceptors (Lipinski definition) is 7. The van der Waals surface area contributed by atoms with Gasteiger partial charge in [0.25, 0.3) is 11.6 Å². The molecule has 0 saturated carbocycles. The number of anilines is 2. The highest BCUT2D eigenvalue weighted by molar-refractivity contribution is 8.00. The van der Waals surface area contributed by atoms with Gasteiger partial charge in [0, 0.05) is 28.8 Å². The fourth-order valence-corrected chi connectivity index (χ4v) is 3.99. The first-order chi connectivity index (χ1) is 13.4. The molecule has 146 valence electrons. The Morgan fingerprint density at radius 2 is 2.07 bits per heavy atom. The van der Waals surface area contributed by atoms with Crippen LogP contribution in [0.3, 0.4) is 0 Å². The van der Waals surface area contributed by atoms with Gasteiger partial charge in [-0.05, 0) is 24.6 Å². The van der Waals surface area contributed by atoms with Crippen molar-refractivity contribution in [2.45, 2.75) is 23.5 Å². The van der Waals surface area contributed by atoms with Crippen molar-refractivity contribution < 1.29 is 19.2 Å². The maximum Gasteiger partial charge on any atom is 0.340 e. The zero-order valence-electron chi connectivity index (χ0n) is 15.2. The minimum atomic E-state index is -0.799. The molecule has 9 heteroatoms. The number of rotatable bonds is 4. The van der Waals surface area contributed by atoms with Crippen molar-refractivity contribution >= 4 is 40.7 Å². The van der Waals surface area contributed by atoms with E-state index in [-0.39, 0.29) is 22.8 Å². The summed E-state index contributed by atoms with van der Waals surface area (Å²) in [6.45, 7) is 2.19. The molecule has 1 amide bonds. The summed E-state index contributed by atoms with van der Waals surface area (Å²) in [6, 6.07) is 11.1. The lowest BCUT2D eigenvalue weighted by atomic mass is 10.1. The van der Waals surface area contributed by atoms with E-state index in [2.05, 4.69) is 6.92 Å². The number of para-hydroxylation sites is 1. The summed E-state index contributed by atoms with van der Waals surface area (Å²) in [5, 5.41) is 11.1. The number of nitrogens with zero attached hydrogens (tertiary/aromatic N) is 2. The van der Waals surface area contributed by atoms with Crippen molar-refractivity contribution in [2.75, 3.05) is 23.8 Å². The lowest BCUT2D eigenvalue weighted by molar-refractivity contribution is -0.384. The summed E-state index contributed by atoms with van der Waals surface area (Å²) in [7, 11) is 0. The van der Waals surface area contributed by atoms with Crippen molar-refractivity contribution in [2.24, 2.45) is 0 Å². The molecule has 0 saturated heterocycles. The van der Waals surface area contributed by atoms with Crippen molar-refractivity contribution in [1.29, 1.82) is 0 Å². The number of esters is 1. The Balaban J connectivity index is 1.70. The van der Waals surface area contributed by atoms with E-state index in [9.17, 15) is 19.7 Å². The zero-order chi connectivity index (χ0) is 20.3. The number of carbonyl (C=O) groups is 2. The third-order valence-electron chi connectivity index (χ3n) is 4.34. The van der Waals surface area contributed by atoms with Crippen LogP contribution in [-0.4, -0.2) is 35.2 Å². The number of fused-ring (bicyclic) bond motifs is 1. The summed E-state index contributed by atoms with van der Waals surface area (Å²) >= 11 is 1.71. The largest absolute Gasteiger partial charge is 0.452 e. The molecule has 0 fully saturated rings. The number of benzene rings is 2. The van der Waals surface area contributed by atoms with E-state index in [1.54, 1.807) is 16.7 Å². The van der Waals surface area contributed by atoms with Crippen LogP contribution in [-0.2, 0) is 9.53 Å². The Kier molecular flexibility index (Phi) is 5.84. The van der Waals surface area contributed by atoms with Crippen LogP contribution in [0.5, 0.6) is 0 Å². The maximum absolute atomic E-state index is 12.7. The van der Waals surface area contributed by atoms with E-state index in [1.807, 2.05) is 24.3 Å². The zero-order valence-corrected chi connectivity index (χ0v) is 16.0. The van der Waals surface area contributed by atoms with E-state index in [1.165, 1.54) is 12.1 Å². The Morgan fingerprint density at radius 3 is 2.79 bits per heavy atom. The van der Waals surface area contributed by atoms with Gasteiger partial charge in [0.15, 0.2) is 6.61 Å². The highest BCUT2D eigenvalue weighted by Crippen LogP contribution is 2.37. The number of amides is 1. The second-order valence-corrected chi connectivity index (χ2v) is 7.82. The Bertz CT molecular complexity index is 934. The molecular formula is C19H19N3O5S. The molecule has 2 aromatic carbocycles. The lowest BCUT2D eigenvalue weighted by Gasteiger charge is -2.22. The van der Waals surface area contributed by atoms with E-state index in [4.69, 9.17) is 10.5 Å². The molecule has 8 nitrogen and oxygen atoms in total. The first kappa shape index (κ1) is 19.7. The average molecular weight is 401 g/mol. The number of hydrogen-bond donors (Lipinski definition) is 1. The number of carbonyl (C=O) groups excluding carboxylic acids is 2. The third-order valence-corrected chi connectivity index (χ3v) is 5.57. The first-order valence-electron chi connectivity index (χ1n) is 8.64. The summed E-state index contributed by atoms with van der Waals surface area (Å²) in [5.41, 5.74) is 6.19. The van der Waals surface area contributed by atoms with Gasteiger partial charge in [-0.1, -0.05) is 19.1 Å². The summed E-state index contributed by atoms with van der Waals surface area (Å²) in [6.07, 6.45) is 0.814. The van der Waals surface area contributed by atoms with Crippen LogP contribution in [0.1, 0.15) is 23.7 Å². The van der Waals surface area contributed by atoms with Gasteiger partial charge in [0.1, 0.15) is 0 Å². The van der Waals surface area contributed by atoms with Crippen LogP contribution in [0.25, 0.3) is 0 Å². The second kappa shape index (κ2) is 8.30. The van der Waals surface area contributed by atoms with Gasteiger partial charge >= 0.3 is 5.97 Å². The van der Waals surface area contributed by atoms with E-state index in [0.717, 1.165) is 23.1 Å². The van der Waals surface area contributed by atoms with Crippen LogP contribution in [0.4, 0.5) is 17.1 Å². The monoisotopic (exact) mass is 401 g/mol. The quantitative estimate of drug-likeness (QED) is 0.362. The highest BCUT2D eigenvalue weighted by atomic mass is 32.2. The van der Waals surface area contributed by atoms with E-state index in [0.29, 0.717) is 11.8 Å². The normalized spacial score (nSPS) is 16.0. The van der Waals surface area contributed by atoms with Crippen molar-refractivity contribution in [3.05, 3.63) is 58.1 Å². The number of ether oxygens (including phenoxy) is 1. The lowest BCUT2D eigenvalue weighted by Crippen LogP contribution is -2.35. The second-order valence-electron chi connectivity index (χ2n) is 6.34. The fourth-order valence-electron chi connectivity index (χ4n) is 2.88. The Morgan fingerprint density at radius 1 is 1.32 bits per heavy atom. The van der Waals surface area contributed by atoms with Crippen LogP contribution < -0.4 is 10.6 Å². The summed E-state index contributed by atoms with van der Waals surface area (Å²) in [4.78, 5) is 37.7. The molecule has 1 aliphatic heterocycles. The Labute approximate surface area is 165 Å². The van der Waals surface area contributed by atoms with Crippen LogP contribution in [0.15, 0.2) is 47.4 Å². The standard InChI is InChI=1S/C19H19N3O5S/c1-12-8-9-21(16-4-2-3-5-17(16)28-12)18(23)11-27-19(24)14-7-6-13(22(25)26)10-15(14)20/h2-7,10,12H,8-9,11,20H2,1H3/t12-/m1/s1. The molecule has 2 aromatic rings. The van der Waals surface area contributed by atoms with Crippen LogP contribution in [0, 0.1) is 10.1 Å². The topological polar surface area (TPSA) is 116 Å². The molecule has 0 bridgehead atoms. The highest BCUT2D eigenvalue weighted by Gasteiger charge is 2.25.